The van der Waals surface area contributed by atoms with Gasteiger partial charge in [0.1, 0.15) is 6.17 Å². The van der Waals surface area contributed by atoms with Gasteiger partial charge in [-0.1, -0.05) is 194 Å². The van der Waals surface area contributed by atoms with Gasteiger partial charge >= 0.3 is 0 Å². The topological polar surface area (TPSA) is 6.48 Å². The molecule has 0 fully saturated rings. The van der Waals surface area contributed by atoms with E-state index in [1.165, 1.54) is 212 Å². The highest BCUT2D eigenvalue weighted by molar-refractivity contribution is 4.97. The molecule has 0 saturated carbocycles. The van der Waals surface area contributed by atoms with Gasteiger partial charge < -0.3 is 9.80 Å². The molecular weight excluding hydrogens is 496 g/mol. The molecule has 1 atom stereocenters. The Morgan fingerprint density at radius 2 is 0.561 bits per heavy atom. The minimum absolute atomic E-state index is 0.640. The van der Waals surface area contributed by atoms with Crippen LogP contribution in [0.1, 0.15) is 220 Å². The summed E-state index contributed by atoms with van der Waals surface area (Å²) in [6.45, 7) is 9.48. The minimum atomic E-state index is 0.640. The van der Waals surface area contributed by atoms with Crippen molar-refractivity contribution in [2.75, 3.05) is 13.1 Å². The Bertz CT molecular complexity index is 530. The molecule has 244 valence electrons. The first-order valence-corrected chi connectivity index (χ1v) is 19.5. The molecule has 1 unspecified atom stereocenters. The minimum Gasteiger partial charge on any atom is -0.356 e. The molecule has 41 heavy (non-hydrogen) atoms. The van der Waals surface area contributed by atoms with E-state index in [9.17, 15) is 0 Å². The standard InChI is InChI=1S/C39H78N2/c1-4-7-10-13-16-19-21-22-24-27-30-33-36-41-38-37-40(35-32-29-26-23-20-17-14-11-8-5-2)39(41)34-31-28-25-18-15-12-9-6-3/h37-39H,4-36H2,1-3H3. The van der Waals surface area contributed by atoms with Crippen molar-refractivity contribution in [2.24, 2.45) is 0 Å². The van der Waals surface area contributed by atoms with E-state index in [0.717, 1.165) is 0 Å². The highest BCUT2D eigenvalue weighted by Gasteiger charge is 2.24. The summed E-state index contributed by atoms with van der Waals surface area (Å²) in [4.78, 5) is 5.43. The highest BCUT2D eigenvalue weighted by Crippen LogP contribution is 2.24. The maximum absolute atomic E-state index is 2.72. The van der Waals surface area contributed by atoms with Crippen molar-refractivity contribution in [1.82, 2.24) is 9.80 Å². The summed E-state index contributed by atoms with van der Waals surface area (Å²) in [5.41, 5.74) is 0. The zero-order valence-corrected chi connectivity index (χ0v) is 29.0. The molecule has 0 aromatic heterocycles. The fourth-order valence-corrected chi connectivity index (χ4v) is 6.72. The SMILES string of the molecule is CCCCCCCCCCCCCCN1C=CN(CCCCCCCCCCCC)C1CCCCCCCCCC. The van der Waals surface area contributed by atoms with Crippen LogP contribution in [0.3, 0.4) is 0 Å². The second kappa shape index (κ2) is 30.8. The van der Waals surface area contributed by atoms with Crippen LogP contribution < -0.4 is 0 Å². The molecule has 0 N–H and O–H groups in total. The molecule has 1 aliphatic heterocycles. The number of nitrogens with zero attached hydrogens (tertiary/aromatic N) is 2. The summed E-state index contributed by atoms with van der Waals surface area (Å²) in [7, 11) is 0. The predicted molar refractivity (Wildman–Crippen MR) is 186 cm³/mol. The Kier molecular flexibility index (Phi) is 28.8. The zero-order valence-electron chi connectivity index (χ0n) is 29.0. The summed E-state index contributed by atoms with van der Waals surface area (Å²) in [6, 6.07) is 0. The Labute approximate surface area is 260 Å². The molecule has 1 heterocycles. The predicted octanol–water partition coefficient (Wildman–Crippen LogP) is 13.6. The lowest BCUT2D eigenvalue weighted by atomic mass is 10.0. The van der Waals surface area contributed by atoms with E-state index in [0.29, 0.717) is 6.17 Å². The zero-order chi connectivity index (χ0) is 29.5. The van der Waals surface area contributed by atoms with Crippen LogP contribution in [-0.4, -0.2) is 29.1 Å². The van der Waals surface area contributed by atoms with Crippen molar-refractivity contribution in [3.63, 3.8) is 0 Å². The van der Waals surface area contributed by atoms with Gasteiger partial charge in [-0.2, -0.15) is 0 Å². The fraction of sp³-hybridized carbons (Fsp3) is 0.949. The monoisotopic (exact) mass is 575 g/mol. The lowest BCUT2D eigenvalue weighted by Gasteiger charge is -2.33. The summed E-state index contributed by atoms with van der Waals surface area (Å²) < 4.78 is 0. The number of hydrogen-bond donors (Lipinski definition) is 0. The van der Waals surface area contributed by atoms with Gasteiger partial charge in [-0.15, -0.1) is 0 Å². The van der Waals surface area contributed by atoms with E-state index in [1.807, 2.05) is 0 Å². The molecule has 1 rings (SSSR count). The van der Waals surface area contributed by atoms with Gasteiger partial charge in [0.25, 0.3) is 0 Å². The van der Waals surface area contributed by atoms with Crippen LogP contribution in [0.15, 0.2) is 12.4 Å². The first-order chi connectivity index (χ1) is 20.3. The first kappa shape index (κ1) is 38.4. The fourth-order valence-electron chi connectivity index (χ4n) is 6.72. The number of hydrogen-bond acceptors (Lipinski definition) is 2. The highest BCUT2D eigenvalue weighted by atomic mass is 15.4. The summed E-state index contributed by atoms with van der Waals surface area (Å²) in [5.74, 6) is 0. The van der Waals surface area contributed by atoms with Crippen molar-refractivity contribution in [2.45, 2.75) is 226 Å². The van der Waals surface area contributed by atoms with E-state index in [1.54, 1.807) is 0 Å². The van der Waals surface area contributed by atoms with E-state index in [4.69, 9.17) is 0 Å². The maximum Gasteiger partial charge on any atom is 0.101 e. The van der Waals surface area contributed by atoms with Gasteiger partial charge in [0, 0.05) is 25.5 Å². The largest absolute Gasteiger partial charge is 0.356 e. The third kappa shape index (κ3) is 23.5. The van der Waals surface area contributed by atoms with Crippen molar-refractivity contribution in [3.05, 3.63) is 12.4 Å². The van der Waals surface area contributed by atoms with Gasteiger partial charge in [0.2, 0.25) is 0 Å². The van der Waals surface area contributed by atoms with Crippen LogP contribution in [0.25, 0.3) is 0 Å². The van der Waals surface area contributed by atoms with E-state index in [-0.39, 0.29) is 0 Å². The summed E-state index contributed by atoms with van der Waals surface area (Å²) in [6.07, 6.45) is 49.9. The molecule has 0 spiro atoms. The van der Waals surface area contributed by atoms with Crippen LogP contribution in [0.5, 0.6) is 0 Å². The van der Waals surface area contributed by atoms with Crippen molar-refractivity contribution >= 4 is 0 Å². The van der Waals surface area contributed by atoms with Crippen LogP contribution in [0, 0.1) is 0 Å². The van der Waals surface area contributed by atoms with Gasteiger partial charge in [-0.05, 0) is 25.7 Å². The molecule has 0 bridgehead atoms. The molecule has 1 aliphatic rings. The molecule has 0 aromatic rings. The first-order valence-electron chi connectivity index (χ1n) is 19.5. The lowest BCUT2D eigenvalue weighted by molar-refractivity contribution is 0.135. The van der Waals surface area contributed by atoms with Crippen LogP contribution in [0.4, 0.5) is 0 Å². The third-order valence-corrected chi connectivity index (χ3v) is 9.57. The van der Waals surface area contributed by atoms with E-state index >= 15 is 0 Å². The second-order valence-corrected chi connectivity index (χ2v) is 13.6. The van der Waals surface area contributed by atoms with E-state index in [2.05, 4.69) is 43.0 Å². The van der Waals surface area contributed by atoms with Crippen LogP contribution in [-0.2, 0) is 0 Å². The smallest absolute Gasteiger partial charge is 0.101 e. The third-order valence-electron chi connectivity index (χ3n) is 9.57. The van der Waals surface area contributed by atoms with Gasteiger partial charge in [0.05, 0.1) is 0 Å². The molecular formula is C39H78N2. The Hall–Kier alpha value is -0.660. The van der Waals surface area contributed by atoms with Gasteiger partial charge in [-0.25, -0.2) is 0 Å². The van der Waals surface area contributed by atoms with E-state index < -0.39 is 0 Å². The Morgan fingerprint density at radius 1 is 0.317 bits per heavy atom. The molecule has 0 aromatic carbocycles. The number of rotatable bonds is 33. The average molecular weight is 575 g/mol. The molecule has 0 aliphatic carbocycles. The molecule has 0 amide bonds. The summed E-state index contributed by atoms with van der Waals surface area (Å²) >= 11 is 0. The quantitative estimate of drug-likeness (QED) is 0.0719. The Balaban J connectivity index is 2.22. The van der Waals surface area contributed by atoms with Gasteiger partial charge in [-0.3, -0.25) is 0 Å². The Morgan fingerprint density at radius 3 is 0.854 bits per heavy atom. The normalized spacial score (nSPS) is 15.0. The van der Waals surface area contributed by atoms with Gasteiger partial charge in [0.15, 0.2) is 0 Å². The van der Waals surface area contributed by atoms with Crippen molar-refractivity contribution in [3.8, 4) is 0 Å². The summed E-state index contributed by atoms with van der Waals surface area (Å²) in [5, 5.41) is 0. The second-order valence-electron chi connectivity index (χ2n) is 13.6. The lowest BCUT2D eigenvalue weighted by Crippen LogP contribution is -2.39. The molecule has 0 saturated heterocycles. The van der Waals surface area contributed by atoms with Crippen LogP contribution >= 0.6 is 0 Å². The van der Waals surface area contributed by atoms with Crippen molar-refractivity contribution in [1.29, 1.82) is 0 Å². The number of unbranched alkanes of at least 4 members (excludes halogenated alkanes) is 27. The van der Waals surface area contributed by atoms with Crippen LogP contribution in [0.2, 0.25) is 0 Å². The maximum atomic E-state index is 2.72. The molecule has 0 radical (unpaired) electrons. The average Bonchev–Trinajstić information content (AvgIpc) is 3.37. The van der Waals surface area contributed by atoms with Crippen molar-refractivity contribution < 1.29 is 0 Å². The molecule has 2 nitrogen and oxygen atoms in total. The molecule has 2 heteroatoms.